The molecule has 1 aromatic heterocycles. The van der Waals surface area contributed by atoms with Gasteiger partial charge in [-0.1, -0.05) is 36.4 Å². The van der Waals surface area contributed by atoms with E-state index in [1.807, 2.05) is 48.5 Å². The lowest BCUT2D eigenvalue weighted by Crippen LogP contribution is -2.47. The number of rotatable bonds is 8. The average molecular weight is 382 g/mol. The second kappa shape index (κ2) is 9.73. The molecule has 2 heterocycles. The fourth-order valence-electron chi connectivity index (χ4n) is 3.46. The number of aliphatic carboxylic acids is 1. The van der Waals surface area contributed by atoms with Crippen molar-refractivity contribution in [2.24, 2.45) is 0 Å². The summed E-state index contributed by atoms with van der Waals surface area (Å²) >= 11 is 0. The minimum atomic E-state index is -0.859. The maximum atomic E-state index is 12.5. The smallest absolute Gasteiger partial charge is 0.315 e. The van der Waals surface area contributed by atoms with Crippen LogP contribution in [0.3, 0.4) is 0 Å². The molecular weight excluding hydrogens is 356 g/mol. The summed E-state index contributed by atoms with van der Waals surface area (Å²) in [6.45, 7) is 1.55. The van der Waals surface area contributed by atoms with Gasteiger partial charge in [-0.3, -0.25) is 4.79 Å². The molecule has 3 rings (SSSR count). The molecule has 1 aliphatic heterocycles. The monoisotopic (exact) mass is 382 g/mol. The molecule has 7 heteroatoms. The Labute approximate surface area is 164 Å². The molecule has 2 unspecified atom stereocenters. The number of nitrogens with one attached hydrogen (secondary N) is 2. The first kappa shape index (κ1) is 19.7. The maximum absolute atomic E-state index is 12.5. The molecule has 1 aliphatic rings. The third-order valence-corrected chi connectivity index (χ3v) is 4.86. The highest BCUT2D eigenvalue weighted by Gasteiger charge is 2.25. The highest BCUT2D eigenvalue weighted by atomic mass is 16.4. The lowest BCUT2D eigenvalue weighted by molar-refractivity contribution is -0.137. The number of carboxylic acid groups (broad SMARTS) is 1. The minimum Gasteiger partial charge on any atom is -0.481 e. The van der Waals surface area contributed by atoms with Crippen LogP contribution in [0.1, 0.15) is 24.8 Å². The molecule has 2 amide bonds. The van der Waals surface area contributed by atoms with Crippen molar-refractivity contribution in [3.05, 3.63) is 60.3 Å². The van der Waals surface area contributed by atoms with Crippen molar-refractivity contribution in [3.8, 4) is 0 Å². The van der Waals surface area contributed by atoms with Crippen LogP contribution in [0, 0.1) is 0 Å². The molecule has 1 saturated heterocycles. The van der Waals surface area contributed by atoms with Crippen LogP contribution in [0.2, 0.25) is 0 Å². The van der Waals surface area contributed by atoms with Gasteiger partial charge in [0.15, 0.2) is 0 Å². The number of pyridine rings is 1. The summed E-state index contributed by atoms with van der Waals surface area (Å²) in [7, 11) is 0. The molecule has 3 N–H and O–H groups in total. The van der Waals surface area contributed by atoms with E-state index in [0.29, 0.717) is 19.4 Å². The Hall–Kier alpha value is -3.09. The molecule has 1 aromatic carbocycles. The van der Waals surface area contributed by atoms with Gasteiger partial charge in [0.1, 0.15) is 5.82 Å². The Morgan fingerprint density at radius 1 is 1.18 bits per heavy atom. The summed E-state index contributed by atoms with van der Waals surface area (Å²) in [5.41, 5.74) is 1.07. The Morgan fingerprint density at radius 2 is 1.96 bits per heavy atom. The van der Waals surface area contributed by atoms with Gasteiger partial charge in [0, 0.05) is 37.8 Å². The number of carboxylic acids is 1. The van der Waals surface area contributed by atoms with Gasteiger partial charge in [-0.15, -0.1) is 0 Å². The molecule has 0 spiro atoms. The molecule has 2 atom stereocenters. The SMILES string of the molecule is O=C(O)CCC(Cc1ccccc1)NC(=O)NC1CCN(c2ccccn2)C1. The van der Waals surface area contributed by atoms with Gasteiger partial charge < -0.3 is 20.6 Å². The van der Waals surface area contributed by atoms with E-state index in [9.17, 15) is 9.59 Å². The number of anilines is 1. The van der Waals surface area contributed by atoms with Gasteiger partial charge in [0.25, 0.3) is 0 Å². The third-order valence-electron chi connectivity index (χ3n) is 4.86. The average Bonchev–Trinajstić information content (AvgIpc) is 3.16. The Balaban J connectivity index is 1.52. The third kappa shape index (κ3) is 5.97. The summed E-state index contributed by atoms with van der Waals surface area (Å²) in [6, 6.07) is 15.1. The number of carbonyl (C=O) groups is 2. The summed E-state index contributed by atoms with van der Waals surface area (Å²) in [5, 5.41) is 15.0. The number of urea groups is 1. The van der Waals surface area contributed by atoms with E-state index in [4.69, 9.17) is 5.11 Å². The van der Waals surface area contributed by atoms with E-state index in [-0.39, 0.29) is 24.5 Å². The standard InChI is InChI=1S/C21H26N4O3/c26-20(27)10-9-17(14-16-6-2-1-3-7-16)23-21(28)24-18-11-13-25(15-18)19-8-4-5-12-22-19/h1-8,12,17-18H,9-11,13-15H2,(H,26,27)(H2,23,24,28). The largest absolute Gasteiger partial charge is 0.481 e. The molecule has 7 nitrogen and oxygen atoms in total. The molecule has 28 heavy (non-hydrogen) atoms. The first-order chi connectivity index (χ1) is 13.6. The van der Waals surface area contributed by atoms with Gasteiger partial charge in [-0.05, 0) is 37.0 Å². The van der Waals surface area contributed by atoms with Crippen molar-refractivity contribution in [3.63, 3.8) is 0 Å². The predicted octanol–water partition coefficient (Wildman–Crippen LogP) is 2.44. The number of amides is 2. The fourth-order valence-corrected chi connectivity index (χ4v) is 3.46. The van der Waals surface area contributed by atoms with Crippen LogP contribution >= 0.6 is 0 Å². The molecule has 148 valence electrons. The van der Waals surface area contributed by atoms with Gasteiger partial charge >= 0.3 is 12.0 Å². The molecule has 0 radical (unpaired) electrons. The predicted molar refractivity (Wildman–Crippen MR) is 107 cm³/mol. The summed E-state index contributed by atoms with van der Waals surface area (Å²) in [5.74, 6) is 0.0534. The second-order valence-electron chi connectivity index (χ2n) is 7.06. The van der Waals surface area contributed by atoms with Crippen molar-refractivity contribution in [2.45, 2.75) is 37.8 Å². The molecule has 2 aromatic rings. The van der Waals surface area contributed by atoms with Gasteiger partial charge in [-0.2, -0.15) is 0 Å². The van der Waals surface area contributed by atoms with E-state index >= 15 is 0 Å². The fraction of sp³-hybridized carbons (Fsp3) is 0.381. The van der Waals surface area contributed by atoms with Crippen molar-refractivity contribution in [2.75, 3.05) is 18.0 Å². The molecule has 1 fully saturated rings. The minimum absolute atomic E-state index is 0.0225. The molecule has 0 aliphatic carbocycles. The summed E-state index contributed by atoms with van der Waals surface area (Å²) in [6.07, 6.45) is 3.63. The van der Waals surface area contributed by atoms with Crippen molar-refractivity contribution in [1.29, 1.82) is 0 Å². The summed E-state index contributed by atoms with van der Waals surface area (Å²) in [4.78, 5) is 29.9. The van der Waals surface area contributed by atoms with Gasteiger partial charge in [-0.25, -0.2) is 9.78 Å². The Morgan fingerprint density at radius 3 is 2.68 bits per heavy atom. The zero-order valence-corrected chi connectivity index (χ0v) is 15.8. The zero-order chi connectivity index (χ0) is 19.8. The van der Waals surface area contributed by atoms with Crippen LogP contribution in [-0.4, -0.2) is 47.3 Å². The lowest BCUT2D eigenvalue weighted by atomic mass is 10.0. The normalized spacial score (nSPS) is 17.1. The molecular formula is C21H26N4O3. The first-order valence-corrected chi connectivity index (χ1v) is 9.59. The van der Waals surface area contributed by atoms with Crippen molar-refractivity contribution >= 4 is 17.8 Å². The number of aromatic nitrogens is 1. The van der Waals surface area contributed by atoms with Gasteiger partial charge in [0.2, 0.25) is 0 Å². The Kier molecular flexibility index (Phi) is 6.84. The number of benzene rings is 1. The van der Waals surface area contributed by atoms with E-state index in [1.54, 1.807) is 6.20 Å². The lowest BCUT2D eigenvalue weighted by Gasteiger charge is -2.21. The van der Waals surface area contributed by atoms with Crippen LogP contribution in [0.25, 0.3) is 0 Å². The number of nitrogens with zero attached hydrogens (tertiary/aromatic N) is 2. The highest BCUT2D eigenvalue weighted by molar-refractivity contribution is 5.75. The second-order valence-corrected chi connectivity index (χ2v) is 7.06. The molecule has 0 bridgehead atoms. The van der Waals surface area contributed by atoms with Crippen LogP contribution in [0.4, 0.5) is 10.6 Å². The number of hydrogen-bond donors (Lipinski definition) is 3. The Bertz CT molecular complexity index is 770. The zero-order valence-electron chi connectivity index (χ0n) is 15.8. The first-order valence-electron chi connectivity index (χ1n) is 9.59. The maximum Gasteiger partial charge on any atom is 0.315 e. The van der Waals surface area contributed by atoms with Crippen LogP contribution in [-0.2, 0) is 11.2 Å². The van der Waals surface area contributed by atoms with E-state index < -0.39 is 5.97 Å². The quantitative estimate of drug-likeness (QED) is 0.652. The molecule has 0 saturated carbocycles. The van der Waals surface area contributed by atoms with Crippen molar-refractivity contribution in [1.82, 2.24) is 15.6 Å². The van der Waals surface area contributed by atoms with Crippen LogP contribution in [0.15, 0.2) is 54.7 Å². The number of carbonyl (C=O) groups excluding carboxylic acids is 1. The van der Waals surface area contributed by atoms with Crippen molar-refractivity contribution < 1.29 is 14.7 Å². The van der Waals surface area contributed by atoms with Gasteiger partial charge in [0.05, 0.1) is 0 Å². The topological polar surface area (TPSA) is 94.6 Å². The van der Waals surface area contributed by atoms with Crippen LogP contribution in [0.5, 0.6) is 0 Å². The van der Waals surface area contributed by atoms with E-state index in [1.165, 1.54) is 0 Å². The van der Waals surface area contributed by atoms with E-state index in [2.05, 4.69) is 20.5 Å². The van der Waals surface area contributed by atoms with E-state index in [0.717, 1.165) is 24.3 Å². The highest BCUT2D eigenvalue weighted by Crippen LogP contribution is 2.17. The van der Waals surface area contributed by atoms with Crippen LogP contribution < -0.4 is 15.5 Å². The number of hydrogen-bond acceptors (Lipinski definition) is 4. The summed E-state index contributed by atoms with van der Waals surface area (Å²) < 4.78 is 0.